The molecule has 1 saturated heterocycles. The number of nitrogens with zero attached hydrogens (tertiary/aromatic N) is 2. The summed E-state index contributed by atoms with van der Waals surface area (Å²) in [6.45, 7) is 9.87. The summed E-state index contributed by atoms with van der Waals surface area (Å²) >= 11 is 3.46. The molecule has 0 unspecified atom stereocenters. The average Bonchev–Trinajstić information content (AvgIpc) is 2.48. The monoisotopic (exact) mass is 322 g/mol. The predicted molar refractivity (Wildman–Crippen MR) is 77.1 cm³/mol. The third-order valence-electron chi connectivity index (χ3n) is 3.92. The fourth-order valence-electron chi connectivity index (χ4n) is 1.96. The maximum atomic E-state index is 9.07. The van der Waals surface area contributed by atoms with E-state index >= 15 is 0 Å². The van der Waals surface area contributed by atoms with Gasteiger partial charge in [-0.05, 0) is 56.1 Å². The number of halogens is 1. The van der Waals surface area contributed by atoms with Crippen molar-refractivity contribution in [3.8, 4) is 6.07 Å². The summed E-state index contributed by atoms with van der Waals surface area (Å²) in [6, 6.07) is 2.08. The highest BCUT2D eigenvalue weighted by atomic mass is 79.9. The molecule has 0 atom stereocenters. The lowest BCUT2D eigenvalue weighted by Gasteiger charge is -2.32. The van der Waals surface area contributed by atoms with Gasteiger partial charge in [0, 0.05) is 16.1 Å². The number of hydrogen-bond acceptors (Lipinski definition) is 4. The standard InChI is InChI=1S/C13H16BBrN2O2/c1-8-10(6-16)17-7-9(15)11(8)14-18-12(2,3)13(4,5)19-14/h7H,1-5H3. The first kappa shape index (κ1) is 14.5. The van der Waals surface area contributed by atoms with Gasteiger partial charge in [0.15, 0.2) is 0 Å². The zero-order valence-corrected chi connectivity index (χ0v) is 13.3. The van der Waals surface area contributed by atoms with E-state index in [4.69, 9.17) is 14.6 Å². The minimum atomic E-state index is -0.491. The van der Waals surface area contributed by atoms with Crippen molar-refractivity contribution in [1.82, 2.24) is 4.98 Å². The van der Waals surface area contributed by atoms with Gasteiger partial charge < -0.3 is 9.31 Å². The second-order valence-electron chi connectivity index (χ2n) is 5.69. The molecule has 2 heterocycles. The molecule has 0 spiro atoms. The van der Waals surface area contributed by atoms with Gasteiger partial charge in [0.1, 0.15) is 11.8 Å². The molecule has 1 fully saturated rings. The average molecular weight is 323 g/mol. The molecule has 0 aliphatic carbocycles. The largest absolute Gasteiger partial charge is 0.496 e. The summed E-state index contributed by atoms with van der Waals surface area (Å²) < 4.78 is 12.8. The van der Waals surface area contributed by atoms with Crippen molar-refractivity contribution in [3.05, 3.63) is 21.9 Å². The Kier molecular flexibility index (Phi) is 3.50. The predicted octanol–water partition coefficient (Wildman–Crippen LogP) is 2.32. The summed E-state index contributed by atoms with van der Waals surface area (Å²) in [4.78, 5) is 4.08. The fraction of sp³-hybridized carbons (Fsp3) is 0.538. The molecule has 19 heavy (non-hydrogen) atoms. The second-order valence-corrected chi connectivity index (χ2v) is 6.55. The van der Waals surface area contributed by atoms with Crippen molar-refractivity contribution in [2.45, 2.75) is 45.8 Å². The van der Waals surface area contributed by atoms with Crippen LogP contribution in [-0.2, 0) is 9.31 Å². The molecule has 0 bridgehead atoms. The van der Waals surface area contributed by atoms with E-state index in [9.17, 15) is 0 Å². The van der Waals surface area contributed by atoms with Gasteiger partial charge in [0.05, 0.1) is 11.2 Å². The third-order valence-corrected chi connectivity index (χ3v) is 4.55. The van der Waals surface area contributed by atoms with Crippen LogP contribution in [0.15, 0.2) is 10.7 Å². The molecule has 100 valence electrons. The van der Waals surface area contributed by atoms with E-state index in [1.807, 2.05) is 34.6 Å². The van der Waals surface area contributed by atoms with Gasteiger partial charge in [-0.3, -0.25) is 0 Å². The van der Waals surface area contributed by atoms with Crippen molar-refractivity contribution < 1.29 is 9.31 Å². The van der Waals surface area contributed by atoms with Crippen LogP contribution in [0.3, 0.4) is 0 Å². The van der Waals surface area contributed by atoms with Crippen LogP contribution >= 0.6 is 15.9 Å². The molecule has 6 heteroatoms. The van der Waals surface area contributed by atoms with Crippen LogP contribution in [0.1, 0.15) is 39.0 Å². The summed E-state index contributed by atoms with van der Waals surface area (Å²) in [7, 11) is -0.491. The van der Waals surface area contributed by atoms with E-state index in [0.29, 0.717) is 5.69 Å². The van der Waals surface area contributed by atoms with Crippen molar-refractivity contribution in [1.29, 1.82) is 5.26 Å². The van der Waals surface area contributed by atoms with Crippen LogP contribution in [0.2, 0.25) is 0 Å². The van der Waals surface area contributed by atoms with E-state index in [-0.39, 0.29) is 0 Å². The third kappa shape index (κ3) is 2.31. The van der Waals surface area contributed by atoms with Crippen LogP contribution < -0.4 is 5.46 Å². The Morgan fingerprint density at radius 2 is 1.79 bits per heavy atom. The molecule has 2 rings (SSSR count). The first-order valence-corrected chi connectivity index (χ1v) is 6.89. The Hall–Kier alpha value is -0.895. The molecule has 0 N–H and O–H groups in total. The number of aromatic nitrogens is 1. The Balaban J connectivity index is 2.49. The fourth-order valence-corrected chi connectivity index (χ4v) is 2.54. The van der Waals surface area contributed by atoms with Crippen LogP contribution in [0.5, 0.6) is 0 Å². The maximum absolute atomic E-state index is 9.07. The molecule has 1 aliphatic heterocycles. The van der Waals surface area contributed by atoms with Gasteiger partial charge in [-0.25, -0.2) is 4.98 Å². The first-order valence-electron chi connectivity index (χ1n) is 6.10. The Morgan fingerprint density at radius 1 is 1.26 bits per heavy atom. The van der Waals surface area contributed by atoms with Crippen molar-refractivity contribution in [2.75, 3.05) is 0 Å². The topological polar surface area (TPSA) is 55.1 Å². The molecule has 0 radical (unpaired) electrons. The molecule has 1 aromatic rings. The Labute approximate surface area is 122 Å². The lowest BCUT2D eigenvalue weighted by molar-refractivity contribution is 0.00578. The van der Waals surface area contributed by atoms with Crippen LogP contribution in [0.25, 0.3) is 0 Å². The maximum Gasteiger partial charge on any atom is 0.496 e. The van der Waals surface area contributed by atoms with Crippen molar-refractivity contribution in [2.24, 2.45) is 0 Å². The molecule has 1 aliphatic rings. The van der Waals surface area contributed by atoms with Gasteiger partial charge in [-0.2, -0.15) is 5.26 Å². The van der Waals surface area contributed by atoms with Gasteiger partial charge in [-0.15, -0.1) is 0 Å². The minimum absolute atomic E-state index is 0.396. The number of nitriles is 1. The lowest BCUT2D eigenvalue weighted by Crippen LogP contribution is -2.41. The van der Waals surface area contributed by atoms with Crippen LogP contribution in [0.4, 0.5) is 0 Å². The Bertz CT molecular complexity index is 550. The number of rotatable bonds is 1. The summed E-state index contributed by atoms with van der Waals surface area (Å²) in [5, 5.41) is 9.07. The SMILES string of the molecule is Cc1c(C#N)ncc(Br)c1B1OC(C)(C)C(C)(C)O1. The summed E-state index contributed by atoms with van der Waals surface area (Å²) in [5.74, 6) is 0. The van der Waals surface area contributed by atoms with Crippen LogP contribution in [0, 0.1) is 18.3 Å². The molecule has 1 aromatic heterocycles. The lowest BCUT2D eigenvalue weighted by atomic mass is 9.76. The molecule has 0 amide bonds. The van der Waals surface area contributed by atoms with Gasteiger partial charge >= 0.3 is 7.12 Å². The molecule has 0 aromatic carbocycles. The second kappa shape index (κ2) is 4.59. The van der Waals surface area contributed by atoms with Gasteiger partial charge in [-0.1, -0.05) is 0 Å². The highest BCUT2D eigenvalue weighted by Gasteiger charge is 2.52. The molecule has 0 saturated carbocycles. The molecular weight excluding hydrogens is 307 g/mol. The quantitative estimate of drug-likeness (QED) is 0.745. The first-order chi connectivity index (χ1) is 8.69. The number of hydrogen-bond donors (Lipinski definition) is 0. The summed E-state index contributed by atoms with van der Waals surface area (Å²) in [6.07, 6.45) is 1.62. The highest BCUT2D eigenvalue weighted by molar-refractivity contribution is 9.10. The number of pyridine rings is 1. The normalized spacial score (nSPS) is 20.4. The van der Waals surface area contributed by atoms with E-state index in [1.54, 1.807) is 6.20 Å². The van der Waals surface area contributed by atoms with E-state index in [2.05, 4.69) is 27.0 Å². The van der Waals surface area contributed by atoms with Gasteiger partial charge in [0.25, 0.3) is 0 Å². The van der Waals surface area contributed by atoms with E-state index < -0.39 is 18.3 Å². The smallest absolute Gasteiger partial charge is 0.399 e. The van der Waals surface area contributed by atoms with Crippen LogP contribution in [-0.4, -0.2) is 23.3 Å². The highest BCUT2D eigenvalue weighted by Crippen LogP contribution is 2.37. The Morgan fingerprint density at radius 3 is 2.26 bits per heavy atom. The van der Waals surface area contributed by atoms with Crippen molar-refractivity contribution in [3.63, 3.8) is 0 Å². The van der Waals surface area contributed by atoms with Gasteiger partial charge in [0.2, 0.25) is 0 Å². The minimum Gasteiger partial charge on any atom is -0.399 e. The summed E-state index contributed by atoms with van der Waals surface area (Å²) in [5.41, 5.74) is 1.22. The zero-order valence-electron chi connectivity index (χ0n) is 11.7. The molecular formula is C13H16BBrN2O2. The van der Waals surface area contributed by atoms with E-state index in [1.165, 1.54) is 0 Å². The van der Waals surface area contributed by atoms with E-state index in [0.717, 1.165) is 15.5 Å². The zero-order chi connectivity index (χ0) is 14.4. The van der Waals surface area contributed by atoms with Crippen molar-refractivity contribution >= 4 is 28.5 Å². The molecule has 4 nitrogen and oxygen atoms in total.